The Balaban J connectivity index is 2.03. The standard InChI is InChI=1S/C20H25NO5S/c1-15-8-10-17(11-9-15)27(23,24)13-12-19(22)21(2)14-16-6-5-7-18(25-3)20(16)26-4/h5-11H,12-14H2,1-4H3. The van der Waals surface area contributed by atoms with Crippen molar-refractivity contribution in [3.8, 4) is 11.5 Å². The van der Waals surface area contributed by atoms with Gasteiger partial charge in [0.15, 0.2) is 21.3 Å². The van der Waals surface area contributed by atoms with E-state index < -0.39 is 9.84 Å². The number of carbonyl (C=O) groups excluding carboxylic acids is 1. The SMILES string of the molecule is COc1cccc(CN(C)C(=O)CCS(=O)(=O)c2ccc(C)cc2)c1OC. The van der Waals surface area contributed by atoms with Gasteiger partial charge in [0.05, 0.1) is 24.9 Å². The fraction of sp³-hybridized carbons (Fsp3) is 0.350. The molecule has 2 aromatic carbocycles. The molecule has 0 saturated carbocycles. The summed E-state index contributed by atoms with van der Waals surface area (Å²) in [7, 11) is 1.23. The first-order valence-corrected chi connectivity index (χ1v) is 10.2. The van der Waals surface area contributed by atoms with Crippen molar-refractivity contribution in [1.82, 2.24) is 4.90 Å². The third-order valence-corrected chi connectivity index (χ3v) is 6.01. The first-order valence-electron chi connectivity index (χ1n) is 8.51. The van der Waals surface area contributed by atoms with Crippen LogP contribution in [0.15, 0.2) is 47.4 Å². The van der Waals surface area contributed by atoms with E-state index in [1.165, 1.54) is 12.0 Å². The number of aryl methyl sites for hydroxylation is 1. The van der Waals surface area contributed by atoms with Crippen LogP contribution in [-0.4, -0.2) is 46.2 Å². The zero-order valence-corrected chi connectivity index (χ0v) is 16.9. The Labute approximate surface area is 160 Å². The van der Waals surface area contributed by atoms with Crippen molar-refractivity contribution in [2.45, 2.75) is 24.8 Å². The molecule has 0 saturated heterocycles. The average Bonchev–Trinajstić information content (AvgIpc) is 2.66. The molecule has 0 radical (unpaired) electrons. The van der Waals surface area contributed by atoms with E-state index in [0.717, 1.165) is 11.1 Å². The minimum Gasteiger partial charge on any atom is -0.493 e. The Hall–Kier alpha value is -2.54. The zero-order chi connectivity index (χ0) is 20.0. The van der Waals surface area contributed by atoms with Gasteiger partial charge in [-0.15, -0.1) is 0 Å². The number of hydrogen-bond donors (Lipinski definition) is 0. The van der Waals surface area contributed by atoms with Gasteiger partial charge in [0.2, 0.25) is 5.91 Å². The highest BCUT2D eigenvalue weighted by molar-refractivity contribution is 7.91. The van der Waals surface area contributed by atoms with Crippen molar-refractivity contribution >= 4 is 15.7 Å². The van der Waals surface area contributed by atoms with Crippen LogP contribution >= 0.6 is 0 Å². The molecule has 27 heavy (non-hydrogen) atoms. The number of sulfone groups is 1. The maximum absolute atomic E-state index is 12.4. The summed E-state index contributed by atoms with van der Waals surface area (Å²) in [5.41, 5.74) is 1.77. The van der Waals surface area contributed by atoms with Gasteiger partial charge in [-0.25, -0.2) is 8.42 Å². The minimum absolute atomic E-state index is 0.0843. The Morgan fingerprint density at radius 2 is 1.70 bits per heavy atom. The number of carbonyl (C=O) groups is 1. The molecule has 2 rings (SSSR count). The molecule has 0 spiro atoms. The van der Waals surface area contributed by atoms with Crippen LogP contribution in [0.4, 0.5) is 0 Å². The Morgan fingerprint density at radius 1 is 1.04 bits per heavy atom. The first kappa shape index (κ1) is 20.8. The topological polar surface area (TPSA) is 72.9 Å². The molecular weight excluding hydrogens is 366 g/mol. The van der Waals surface area contributed by atoms with Crippen LogP contribution in [0.1, 0.15) is 17.5 Å². The van der Waals surface area contributed by atoms with Crippen LogP contribution in [0.5, 0.6) is 11.5 Å². The summed E-state index contributed by atoms with van der Waals surface area (Å²) >= 11 is 0. The van der Waals surface area contributed by atoms with Gasteiger partial charge in [-0.3, -0.25) is 4.79 Å². The molecule has 0 fully saturated rings. The highest BCUT2D eigenvalue weighted by atomic mass is 32.2. The second-order valence-corrected chi connectivity index (χ2v) is 8.39. The van der Waals surface area contributed by atoms with E-state index in [2.05, 4.69) is 0 Å². The van der Waals surface area contributed by atoms with Gasteiger partial charge in [-0.05, 0) is 25.1 Å². The van der Waals surface area contributed by atoms with E-state index >= 15 is 0 Å². The number of hydrogen-bond acceptors (Lipinski definition) is 5. The number of amides is 1. The van der Waals surface area contributed by atoms with Gasteiger partial charge in [0.1, 0.15) is 0 Å². The molecule has 7 heteroatoms. The maximum atomic E-state index is 12.4. The highest BCUT2D eigenvalue weighted by Gasteiger charge is 2.19. The summed E-state index contributed by atoms with van der Waals surface area (Å²) in [5.74, 6) is 0.661. The van der Waals surface area contributed by atoms with E-state index in [1.807, 2.05) is 19.1 Å². The second kappa shape index (κ2) is 8.90. The molecule has 0 atom stereocenters. The van der Waals surface area contributed by atoms with Crippen molar-refractivity contribution < 1.29 is 22.7 Å². The number of nitrogens with zero attached hydrogens (tertiary/aromatic N) is 1. The van der Waals surface area contributed by atoms with Gasteiger partial charge in [-0.2, -0.15) is 0 Å². The van der Waals surface area contributed by atoms with Crippen LogP contribution < -0.4 is 9.47 Å². The van der Waals surface area contributed by atoms with E-state index in [9.17, 15) is 13.2 Å². The highest BCUT2D eigenvalue weighted by Crippen LogP contribution is 2.31. The van der Waals surface area contributed by atoms with Crippen molar-refractivity contribution in [2.24, 2.45) is 0 Å². The van der Waals surface area contributed by atoms with Crippen LogP contribution in [-0.2, 0) is 21.2 Å². The normalized spacial score (nSPS) is 11.1. The lowest BCUT2D eigenvalue weighted by Crippen LogP contribution is -2.28. The van der Waals surface area contributed by atoms with Gasteiger partial charge in [-0.1, -0.05) is 29.8 Å². The van der Waals surface area contributed by atoms with E-state index in [0.29, 0.717) is 18.0 Å². The maximum Gasteiger partial charge on any atom is 0.223 e. The van der Waals surface area contributed by atoms with E-state index in [-0.39, 0.29) is 23.0 Å². The van der Waals surface area contributed by atoms with Crippen LogP contribution in [0, 0.1) is 6.92 Å². The van der Waals surface area contributed by atoms with Crippen LogP contribution in [0.25, 0.3) is 0 Å². The van der Waals surface area contributed by atoms with Crippen LogP contribution in [0.2, 0.25) is 0 Å². The summed E-state index contributed by atoms with van der Waals surface area (Å²) in [4.78, 5) is 14.1. The predicted octanol–water partition coefficient (Wildman–Crippen LogP) is 2.83. The van der Waals surface area contributed by atoms with E-state index in [1.54, 1.807) is 44.5 Å². The molecule has 0 unspecified atom stereocenters. The average molecular weight is 391 g/mol. The summed E-state index contributed by atoms with van der Waals surface area (Å²) < 4.78 is 35.4. The lowest BCUT2D eigenvalue weighted by Gasteiger charge is -2.20. The molecule has 0 aromatic heterocycles. The summed E-state index contributed by atoms with van der Waals surface area (Å²) in [6.45, 7) is 2.19. The number of methoxy groups -OCH3 is 2. The fourth-order valence-corrected chi connectivity index (χ4v) is 3.93. The molecule has 0 aliphatic carbocycles. The lowest BCUT2D eigenvalue weighted by atomic mass is 10.1. The van der Waals surface area contributed by atoms with Crippen LogP contribution in [0.3, 0.4) is 0 Å². The van der Waals surface area contributed by atoms with Gasteiger partial charge < -0.3 is 14.4 Å². The van der Waals surface area contributed by atoms with Crippen molar-refractivity contribution in [2.75, 3.05) is 27.0 Å². The first-order chi connectivity index (χ1) is 12.8. The molecule has 146 valence electrons. The molecule has 0 bridgehead atoms. The number of benzene rings is 2. The molecule has 0 aliphatic rings. The molecule has 0 aliphatic heterocycles. The monoisotopic (exact) mass is 391 g/mol. The smallest absolute Gasteiger partial charge is 0.223 e. The van der Waals surface area contributed by atoms with Crippen molar-refractivity contribution in [3.63, 3.8) is 0 Å². The number of rotatable bonds is 8. The Morgan fingerprint density at radius 3 is 2.30 bits per heavy atom. The quantitative estimate of drug-likeness (QED) is 0.692. The van der Waals surface area contributed by atoms with Crippen molar-refractivity contribution in [1.29, 1.82) is 0 Å². The number of ether oxygens (including phenoxy) is 2. The summed E-state index contributed by atoms with van der Waals surface area (Å²) in [5, 5.41) is 0. The molecule has 1 amide bonds. The lowest BCUT2D eigenvalue weighted by molar-refractivity contribution is -0.130. The number of para-hydroxylation sites is 1. The summed E-state index contributed by atoms with van der Waals surface area (Å²) in [6, 6.07) is 12.1. The Bertz CT molecular complexity index is 891. The fourth-order valence-electron chi connectivity index (χ4n) is 2.70. The van der Waals surface area contributed by atoms with Gasteiger partial charge in [0, 0.05) is 25.6 Å². The summed E-state index contributed by atoms with van der Waals surface area (Å²) in [6.07, 6.45) is -0.0843. The largest absolute Gasteiger partial charge is 0.493 e. The molecule has 0 heterocycles. The molecule has 2 aromatic rings. The Kier molecular flexibility index (Phi) is 6.85. The molecule has 6 nitrogen and oxygen atoms in total. The second-order valence-electron chi connectivity index (χ2n) is 6.28. The third kappa shape index (κ3) is 5.23. The van der Waals surface area contributed by atoms with Gasteiger partial charge in [0.25, 0.3) is 0 Å². The van der Waals surface area contributed by atoms with Gasteiger partial charge >= 0.3 is 0 Å². The zero-order valence-electron chi connectivity index (χ0n) is 16.1. The third-order valence-electron chi connectivity index (χ3n) is 4.28. The predicted molar refractivity (Wildman–Crippen MR) is 104 cm³/mol. The minimum atomic E-state index is -3.49. The molecular formula is C20H25NO5S. The molecule has 0 N–H and O–H groups in total. The van der Waals surface area contributed by atoms with Crippen molar-refractivity contribution in [3.05, 3.63) is 53.6 Å². The van der Waals surface area contributed by atoms with E-state index in [4.69, 9.17) is 9.47 Å².